The van der Waals surface area contributed by atoms with E-state index in [0.29, 0.717) is 5.69 Å². The molecule has 0 aromatic carbocycles. The van der Waals surface area contributed by atoms with Crippen molar-refractivity contribution in [2.45, 2.75) is 18.9 Å². The van der Waals surface area contributed by atoms with E-state index in [2.05, 4.69) is 11.1 Å². The molecule has 0 saturated heterocycles. The minimum absolute atomic E-state index is 0.245. The van der Waals surface area contributed by atoms with Crippen molar-refractivity contribution >= 4 is 16.8 Å². The molecule has 78 valence electrons. The molecular formula is C11H11ClN2O. The second-order valence-corrected chi connectivity index (χ2v) is 4.11. The first-order valence-corrected chi connectivity index (χ1v) is 5.08. The fourth-order valence-corrected chi connectivity index (χ4v) is 1.88. The third kappa shape index (κ3) is 1.75. The van der Waals surface area contributed by atoms with E-state index < -0.39 is 5.24 Å². The molecule has 3 nitrogen and oxygen atoms in total. The predicted molar refractivity (Wildman–Crippen MR) is 59.0 cm³/mol. The second-order valence-electron chi connectivity index (χ2n) is 3.77. The molecule has 0 spiro atoms. The fraction of sp³-hybridized carbons (Fsp3) is 0.273. The van der Waals surface area contributed by atoms with Crippen molar-refractivity contribution in [1.82, 2.24) is 9.55 Å². The topological polar surface area (TPSA) is 34.9 Å². The molecule has 0 N–H and O–H groups in total. The largest absolute Gasteiger partial charge is 0.317 e. The highest BCUT2D eigenvalue weighted by Gasteiger charge is 2.26. The number of hydrogen-bond acceptors (Lipinski definition) is 2. The number of hydrogen-bond donors (Lipinski definition) is 0. The average Bonchev–Trinajstić information content (AvgIpc) is 2.67. The van der Waals surface area contributed by atoms with E-state index in [9.17, 15) is 4.79 Å². The molecule has 1 atom stereocenters. The maximum atomic E-state index is 11.2. The van der Waals surface area contributed by atoms with Crippen molar-refractivity contribution in [3.63, 3.8) is 0 Å². The molecule has 0 fully saturated rings. The highest BCUT2D eigenvalue weighted by atomic mass is 35.5. The van der Waals surface area contributed by atoms with Crippen LogP contribution in [-0.4, -0.2) is 14.8 Å². The maximum Gasteiger partial charge on any atom is 0.270 e. The fourth-order valence-electron chi connectivity index (χ4n) is 1.74. The van der Waals surface area contributed by atoms with Crippen LogP contribution in [0.25, 0.3) is 0 Å². The highest BCUT2D eigenvalue weighted by Crippen LogP contribution is 2.27. The van der Waals surface area contributed by atoms with Gasteiger partial charge in [0.2, 0.25) is 0 Å². The third-order valence-electron chi connectivity index (χ3n) is 2.62. The SMILES string of the molecule is CC1(n2cncc2C(=O)Cl)C=CC=CC1. The van der Waals surface area contributed by atoms with Crippen molar-refractivity contribution in [1.29, 1.82) is 0 Å². The molecule has 0 radical (unpaired) electrons. The molecule has 1 aromatic heterocycles. The number of allylic oxidation sites excluding steroid dienone is 4. The number of halogens is 1. The second kappa shape index (κ2) is 3.66. The van der Waals surface area contributed by atoms with Crippen LogP contribution in [0.15, 0.2) is 36.8 Å². The lowest BCUT2D eigenvalue weighted by atomic mass is 9.93. The first-order chi connectivity index (χ1) is 7.13. The van der Waals surface area contributed by atoms with Gasteiger partial charge in [-0.1, -0.05) is 24.3 Å². The van der Waals surface area contributed by atoms with Gasteiger partial charge < -0.3 is 4.57 Å². The van der Waals surface area contributed by atoms with Gasteiger partial charge in [-0.25, -0.2) is 4.98 Å². The predicted octanol–water partition coefficient (Wildman–Crippen LogP) is 2.49. The van der Waals surface area contributed by atoms with Crippen LogP contribution >= 0.6 is 11.6 Å². The Hall–Kier alpha value is -1.35. The average molecular weight is 223 g/mol. The first-order valence-electron chi connectivity index (χ1n) is 4.70. The van der Waals surface area contributed by atoms with Gasteiger partial charge in [0.1, 0.15) is 5.69 Å². The maximum absolute atomic E-state index is 11.2. The zero-order chi connectivity index (χ0) is 10.9. The van der Waals surface area contributed by atoms with Crippen molar-refractivity contribution in [3.05, 3.63) is 42.5 Å². The van der Waals surface area contributed by atoms with Gasteiger partial charge in [-0.15, -0.1) is 0 Å². The van der Waals surface area contributed by atoms with Crippen molar-refractivity contribution in [2.75, 3.05) is 0 Å². The summed E-state index contributed by atoms with van der Waals surface area (Å²) in [6.45, 7) is 2.04. The van der Waals surface area contributed by atoms with Gasteiger partial charge in [0, 0.05) is 0 Å². The molecule has 1 aromatic rings. The van der Waals surface area contributed by atoms with E-state index >= 15 is 0 Å². The molecule has 2 rings (SSSR count). The smallest absolute Gasteiger partial charge is 0.270 e. The van der Waals surface area contributed by atoms with Crippen LogP contribution in [0.5, 0.6) is 0 Å². The highest BCUT2D eigenvalue weighted by molar-refractivity contribution is 6.67. The summed E-state index contributed by atoms with van der Waals surface area (Å²) in [6, 6.07) is 0. The standard InChI is InChI=1S/C11H11ClN2O/c1-11(5-3-2-4-6-11)14-8-13-7-9(14)10(12)15/h2-5,7-8H,6H2,1H3. The Morgan fingerprint density at radius 2 is 2.40 bits per heavy atom. The third-order valence-corrected chi connectivity index (χ3v) is 2.82. The summed E-state index contributed by atoms with van der Waals surface area (Å²) in [5, 5.41) is -0.475. The molecule has 1 unspecified atom stereocenters. The Bertz CT molecular complexity index is 447. The number of rotatable bonds is 2. The van der Waals surface area contributed by atoms with Crippen LogP contribution in [0.1, 0.15) is 23.8 Å². The van der Waals surface area contributed by atoms with Gasteiger partial charge in [-0.2, -0.15) is 0 Å². The van der Waals surface area contributed by atoms with Gasteiger partial charge in [-0.3, -0.25) is 4.79 Å². The first kappa shape index (κ1) is 10.2. The number of imidazole rings is 1. The summed E-state index contributed by atoms with van der Waals surface area (Å²) in [7, 11) is 0. The van der Waals surface area contributed by atoms with Crippen LogP contribution in [0.3, 0.4) is 0 Å². The molecule has 0 amide bonds. The van der Waals surface area contributed by atoms with Crippen LogP contribution in [-0.2, 0) is 5.54 Å². The van der Waals surface area contributed by atoms with E-state index in [1.807, 2.05) is 29.7 Å². The Kier molecular flexibility index (Phi) is 2.49. The summed E-state index contributed by atoms with van der Waals surface area (Å²) in [6.07, 6.45) is 12.0. The molecule has 15 heavy (non-hydrogen) atoms. The molecule has 0 saturated carbocycles. The Morgan fingerprint density at radius 1 is 1.60 bits per heavy atom. The van der Waals surface area contributed by atoms with E-state index in [1.54, 1.807) is 6.33 Å². The van der Waals surface area contributed by atoms with Crippen molar-refractivity contribution < 1.29 is 4.79 Å². The number of carbonyl (C=O) groups is 1. The minimum atomic E-state index is -0.475. The minimum Gasteiger partial charge on any atom is -0.317 e. The summed E-state index contributed by atoms with van der Waals surface area (Å²) in [5.74, 6) is 0. The van der Waals surface area contributed by atoms with E-state index in [0.717, 1.165) is 6.42 Å². The van der Waals surface area contributed by atoms with Crippen molar-refractivity contribution in [3.8, 4) is 0 Å². The number of carbonyl (C=O) groups excluding carboxylic acids is 1. The lowest BCUT2D eigenvalue weighted by Crippen LogP contribution is -2.29. The molecule has 1 aliphatic rings. The quantitative estimate of drug-likeness (QED) is 0.721. The lowest BCUT2D eigenvalue weighted by molar-refractivity contribution is 0.106. The number of nitrogens with zero attached hydrogens (tertiary/aromatic N) is 2. The Balaban J connectivity index is 2.45. The van der Waals surface area contributed by atoms with Gasteiger partial charge >= 0.3 is 0 Å². The van der Waals surface area contributed by atoms with Gasteiger partial charge in [-0.05, 0) is 24.9 Å². The van der Waals surface area contributed by atoms with Gasteiger partial charge in [0.15, 0.2) is 0 Å². The summed E-state index contributed by atoms with van der Waals surface area (Å²) in [5.41, 5.74) is 0.185. The van der Waals surface area contributed by atoms with E-state index in [-0.39, 0.29) is 5.54 Å². The van der Waals surface area contributed by atoms with E-state index in [4.69, 9.17) is 11.6 Å². The van der Waals surface area contributed by atoms with Crippen LogP contribution in [0, 0.1) is 0 Å². The zero-order valence-corrected chi connectivity index (χ0v) is 9.11. The molecule has 0 bridgehead atoms. The van der Waals surface area contributed by atoms with Gasteiger partial charge in [0.25, 0.3) is 5.24 Å². The molecule has 4 heteroatoms. The van der Waals surface area contributed by atoms with Gasteiger partial charge in [0.05, 0.1) is 18.1 Å². The van der Waals surface area contributed by atoms with Crippen LogP contribution in [0.4, 0.5) is 0 Å². The van der Waals surface area contributed by atoms with E-state index in [1.165, 1.54) is 6.20 Å². The van der Waals surface area contributed by atoms with Crippen LogP contribution in [0.2, 0.25) is 0 Å². The summed E-state index contributed by atoms with van der Waals surface area (Å²) >= 11 is 5.49. The lowest BCUT2D eigenvalue weighted by Gasteiger charge is -2.29. The monoisotopic (exact) mass is 222 g/mol. The number of aromatic nitrogens is 2. The molecular weight excluding hydrogens is 212 g/mol. The van der Waals surface area contributed by atoms with Crippen LogP contribution < -0.4 is 0 Å². The Labute approximate surface area is 93.1 Å². The molecule has 1 heterocycles. The normalized spacial score (nSPS) is 24.4. The molecule has 1 aliphatic carbocycles. The van der Waals surface area contributed by atoms with Crippen molar-refractivity contribution in [2.24, 2.45) is 0 Å². The zero-order valence-electron chi connectivity index (χ0n) is 8.35. The summed E-state index contributed by atoms with van der Waals surface area (Å²) < 4.78 is 1.81. The summed E-state index contributed by atoms with van der Waals surface area (Å²) in [4.78, 5) is 15.1. The Morgan fingerprint density at radius 3 is 3.00 bits per heavy atom. The molecule has 0 aliphatic heterocycles.